The summed E-state index contributed by atoms with van der Waals surface area (Å²) in [7, 11) is 1.69. The second-order valence-electron chi connectivity index (χ2n) is 4.11. The van der Waals surface area contributed by atoms with Gasteiger partial charge in [-0.1, -0.05) is 13.8 Å². The van der Waals surface area contributed by atoms with E-state index in [0.29, 0.717) is 5.92 Å². The molecule has 0 saturated carbocycles. The molecule has 0 radical (unpaired) electrons. The highest BCUT2D eigenvalue weighted by atomic mass is 16.5. The van der Waals surface area contributed by atoms with E-state index in [4.69, 9.17) is 4.74 Å². The lowest BCUT2D eigenvalue weighted by Gasteiger charge is -2.08. The molecule has 0 bridgehead atoms. The van der Waals surface area contributed by atoms with Crippen molar-refractivity contribution < 1.29 is 4.74 Å². The molecular weight excluding hydrogens is 188 g/mol. The van der Waals surface area contributed by atoms with Crippen LogP contribution in [0.15, 0.2) is 18.5 Å². The number of pyridine rings is 1. The van der Waals surface area contributed by atoms with E-state index in [1.807, 2.05) is 12.3 Å². The van der Waals surface area contributed by atoms with Gasteiger partial charge in [-0.3, -0.25) is 4.40 Å². The van der Waals surface area contributed by atoms with Crippen LogP contribution in [0.5, 0.6) is 5.75 Å². The van der Waals surface area contributed by atoms with Gasteiger partial charge in [-0.25, -0.2) is 4.98 Å². The van der Waals surface area contributed by atoms with Gasteiger partial charge >= 0.3 is 0 Å². The monoisotopic (exact) mass is 204 g/mol. The molecule has 3 heteroatoms. The number of hydrogen-bond donors (Lipinski definition) is 0. The Morgan fingerprint density at radius 1 is 1.40 bits per heavy atom. The van der Waals surface area contributed by atoms with Crippen molar-refractivity contribution in [3.05, 3.63) is 29.8 Å². The van der Waals surface area contributed by atoms with Gasteiger partial charge in [0.05, 0.1) is 13.3 Å². The fraction of sp³-hybridized carbons (Fsp3) is 0.417. The van der Waals surface area contributed by atoms with Crippen LogP contribution in [0.25, 0.3) is 5.52 Å². The molecule has 0 atom stereocenters. The summed E-state index contributed by atoms with van der Waals surface area (Å²) in [4.78, 5) is 4.43. The third-order valence-corrected chi connectivity index (χ3v) is 2.51. The first-order valence-corrected chi connectivity index (χ1v) is 5.15. The van der Waals surface area contributed by atoms with Crippen LogP contribution in [-0.2, 0) is 0 Å². The van der Waals surface area contributed by atoms with Gasteiger partial charge in [-0.15, -0.1) is 0 Å². The zero-order chi connectivity index (χ0) is 11.0. The molecule has 2 heterocycles. The first-order valence-electron chi connectivity index (χ1n) is 5.15. The molecule has 0 saturated heterocycles. The summed E-state index contributed by atoms with van der Waals surface area (Å²) in [6.07, 6.45) is 3.97. The predicted molar refractivity (Wildman–Crippen MR) is 60.6 cm³/mol. The number of nitrogens with zero attached hydrogens (tertiary/aromatic N) is 2. The van der Waals surface area contributed by atoms with Crippen LogP contribution >= 0.6 is 0 Å². The third-order valence-electron chi connectivity index (χ3n) is 2.51. The van der Waals surface area contributed by atoms with Gasteiger partial charge in [0, 0.05) is 12.1 Å². The lowest BCUT2D eigenvalue weighted by molar-refractivity contribution is 0.417. The zero-order valence-electron chi connectivity index (χ0n) is 9.61. The third kappa shape index (κ3) is 1.58. The van der Waals surface area contributed by atoms with E-state index >= 15 is 0 Å². The van der Waals surface area contributed by atoms with Gasteiger partial charge in [-0.05, 0) is 18.6 Å². The van der Waals surface area contributed by atoms with Crippen LogP contribution in [0.1, 0.15) is 31.2 Å². The Balaban J connectivity index is 2.75. The highest BCUT2D eigenvalue weighted by Gasteiger charge is 2.10. The molecule has 0 aromatic carbocycles. The van der Waals surface area contributed by atoms with Gasteiger partial charge in [0.15, 0.2) is 0 Å². The number of ether oxygens (including phenoxy) is 1. The maximum absolute atomic E-state index is 5.34. The summed E-state index contributed by atoms with van der Waals surface area (Å²) in [5.74, 6) is 2.38. The van der Waals surface area contributed by atoms with Crippen LogP contribution in [0.4, 0.5) is 0 Å². The summed E-state index contributed by atoms with van der Waals surface area (Å²) >= 11 is 0. The summed E-state index contributed by atoms with van der Waals surface area (Å²) in [6.45, 7) is 6.35. The number of rotatable bonds is 2. The first kappa shape index (κ1) is 10.0. The van der Waals surface area contributed by atoms with Gasteiger partial charge < -0.3 is 4.74 Å². The van der Waals surface area contributed by atoms with Crippen molar-refractivity contribution >= 4 is 5.52 Å². The fourth-order valence-corrected chi connectivity index (χ4v) is 1.81. The minimum atomic E-state index is 0.416. The van der Waals surface area contributed by atoms with Gasteiger partial charge in [0.1, 0.15) is 17.1 Å². The van der Waals surface area contributed by atoms with Crippen LogP contribution < -0.4 is 4.74 Å². The molecule has 2 aromatic heterocycles. The molecule has 3 nitrogen and oxygen atoms in total. The molecule has 0 N–H and O–H groups in total. The average molecular weight is 204 g/mol. The van der Waals surface area contributed by atoms with Crippen LogP contribution in [0.2, 0.25) is 0 Å². The number of methoxy groups -OCH3 is 1. The summed E-state index contributed by atoms with van der Waals surface area (Å²) in [6, 6.07) is 2.03. The Hall–Kier alpha value is -1.51. The average Bonchev–Trinajstić information content (AvgIpc) is 2.59. The highest BCUT2D eigenvalue weighted by molar-refractivity contribution is 5.60. The number of aryl methyl sites for hydroxylation is 1. The number of fused-ring (bicyclic) bond motifs is 1. The molecule has 0 amide bonds. The quantitative estimate of drug-likeness (QED) is 0.752. The van der Waals surface area contributed by atoms with E-state index in [1.165, 1.54) is 5.56 Å². The Morgan fingerprint density at radius 2 is 2.13 bits per heavy atom. The topological polar surface area (TPSA) is 26.5 Å². The van der Waals surface area contributed by atoms with Crippen LogP contribution in [0, 0.1) is 6.92 Å². The Bertz CT molecular complexity index is 486. The minimum Gasteiger partial charge on any atom is -0.494 e. The van der Waals surface area contributed by atoms with E-state index in [-0.39, 0.29) is 0 Å². The molecular formula is C12H16N2O. The summed E-state index contributed by atoms with van der Waals surface area (Å²) in [5, 5.41) is 0. The van der Waals surface area contributed by atoms with Crippen molar-refractivity contribution in [3.63, 3.8) is 0 Å². The molecule has 2 aromatic rings. The number of hydrogen-bond acceptors (Lipinski definition) is 2. The van der Waals surface area contributed by atoms with E-state index in [1.54, 1.807) is 7.11 Å². The minimum absolute atomic E-state index is 0.416. The van der Waals surface area contributed by atoms with Crippen molar-refractivity contribution in [1.82, 2.24) is 9.38 Å². The van der Waals surface area contributed by atoms with Gasteiger partial charge in [0.2, 0.25) is 0 Å². The summed E-state index contributed by atoms with van der Waals surface area (Å²) in [5.41, 5.74) is 2.21. The zero-order valence-corrected chi connectivity index (χ0v) is 9.61. The Labute approximate surface area is 89.7 Å². The van der Waals surface area contributed by atoms with Gasteiger partial charge in [-0.2, -0.15) is 0 Å². The molecule has 0 spiro atoms. The standard InChI is InChI=1S/C12H16N2O/c1-8(2)12-13-6-10-11(15-4)5-9(3)7-14(10)12/h5-8H,1-4H3. The van der Waals surface area contributed by atoms with Crippen molar-refractivity contribution in [2.75, 3.05) is 7.11 Å². The Morgan fingerprint density at radius 3 is 2.73 bits per heavy atom. The second kappa shape index (κ2) is 3.57. The lowest BCUT2D eigenvalue weighted by atomic mass is 10.2. The second-order valence-corrected chi connectivity index (χ2v) is 4.11. The molecule has 0 aliphatic carbocycles. The lowest BCUT2D eigenvalue weighted by Crippen LogP contribution is -1.98. The maximum atomic E-state index is 5.34. The SMILES string of the molecule is COc1cc(C)cn2c(C(C)C)ncc12. The van der Waals surface area contributed by atoms with Crippen molar-refractivity contribution in [3.8, 4) is 5.75 Å². The van der Waals surface area contributed by atoms with Crippen molar-refractivity contribution in [2.45, 2.75) is 26.7 Å². The molecule has 15 heavy (non-hydrogen) atoms. The van der Waals surface area contributed by atoms with Crippen molar-refractivity contribution in [2.24, 2.45) is 0 Å². The fourth-order valence-electron chi connectivity index (χ4n) is 1.81. The molecule has 2 rings (SSSR count). The number of imidazole rings is 1. The number of aromatic nitrogens is 2. The summed E-state index contributed by atoms with van der Waals surface area (Å²) < 4.78 is 7.45. The smallest absolute Gasteiger partial charge is 0.144 e. The van der Waals surface area contributed by atoms with Crippen LogP contribution in [0.3, 0.4) is 0 Å². The molecule has 0 aliphatic rings. The molecule has 0 aliphatic heterocycles. The van der Waals surface area contributed by atoms with Crippen molar-refractivity contribution in [1.29, 1.82) is 0 Å². The van der Waals surface area contributed by atoms with E-state index in [2.05, 4.69) is 36.4 Å². The highest BCUT2D eigenvalue weighted by Crippen LogP contribution is 2.24. The van der Waals surface area contributed by atoms with E-state index in [0.717, 1.165) is 17.1 Å². The predicted octanol–water partition coefficient (Wildman–Crippen LogP) is 2.77. The molecule has 0 fully saturated rings. The van der Waals surface area contributed by atoms with E-state index < -0.39 is 0 Å². The first-order chi connectivity index (χ1) is 7.13. The molecule has 0 unspecified atom stereocenters. The molecule has 80 valence electrons. The maximum Gasteiger partial charge on any atom is 0.144 e. The van der Waals surface area contributed by atoms with E-state index in [9.17, 15) is 0 Å². The van der Waals surface area contributed by atoms with Crippen LogP contribution in [-0.4, -0.2) is 16.5 Å². The van der Waals surface area contributed by atoms with Gasteiger partial charge in [0.25, 0.3) is 0 Å². The Kier molecular flexibility index (Phi) is 2.39. The largest absolute Gasteiger partial charge is 0.494 e. The normalized spacial score (nSPS) is 11.3.